The molecular formula is C5H9N3O3S. The molecule has 0 aliphatic heterocycles. The summed E-state index contributed by atoms with van der Waals surface area (Å²) in [5.41, 5.74) is 1.70. The highest BCUT2D eigenvalue weighted by atomic mass is 32.2. The molecule has 6 nitrogen and oxygen atoms in total. The molecule has 1 amide bonds. The maximum Gasteiger partial charge on any atom is 0.249 e. The summed E-state index contributed by atoms with van der Waals surface area (Å²) in [6.07, 6.45) is -0.111. The van der Waals surface area contributed by atoms with Crippen molar-refractivity contribution in [3.8, 4) is 6.07 Å². The lowest BCUT2D eigenvalue weighted by molar-refractivity contribution is -0.118. The summed E-state index contributed by atoms with van der Waals surface area (Å²) >= 11 is 0. The van der Waals surface area contributed by atoms with E-state index in [9.17, 15) is 13.2 Å². The zero-order valence-corrected chi connectivity index (χ0v) is 7.10. The third-order valence-corrected chi connectivity index (χ3v) is 2.57. The second-order valence-electron chi connectivity index (χ2n) is 2.07. The molecule has 0 bridgehead atoms. The van der Waals surface area contributed by atoms with Crippen LogP contribution >= 0.6 is 0 Å². The van der Waals surface area contributed by atoms with E-state index in [4.69, 9.17) is 5.26 Å². The Balaban J connectivity index is 4.07. The van der Waals surface area contributed by atoms with Crippen molar-refractivity contribution in [1.82, 2.24) is 5.43 Å². The first kappa shape index (κ1) is 10.9. The second-order valence-corrected chi connectivity index (χ2v) is 4.25. The van der Waals surface area contributed by atoms with Crippen molar-refractivity contribution < 1.29 is 13.2 Å². The van der Waals surface area contributed by atoms with Gasteiger partial charge in [0.25, 0.3) is 0 Å². The average molecular weight is 191 g/mol. The van der Waals surface area contributed by atoms with Gasteiger partial charge in [0.15, 0.2) is 9.84 Å². The van der Waals surface area contributed by atoms with Gasteiger partial charge in [-0.3, -0.25) is 10.2 Å². The van der Waals surface area contributed by atoms with Gasteiger partial charge in [-0.15, -0.1) is 0 Å². The smallest absolute Gasteiger partial charge is 0.249 e. The number of rotatable bonds is 4. The molecule has 0 aromatic rings. The van der Waals surface area contributed by atoms with E-state index in [0.717, 1.165) is 0 Å². The maximum absolute atomic E-state index is 10.9. The summed E-state index contributed by atoms with van der Waals surface area (Å²) < 4.78 is 21.8. The fourth-order valence-electron chi connectivity index (χ4n) is 0.515. The maximum atomic E-state index is 10.9. The zero-order chi connectivity index (χ0) is 9.61. The number of hydrogen-bond acceptors (Lipinski definition) is 5. The van der Waals surface area contributed by atoms with Gasteiger partial charge in [0.1, 0.15) is 5.75 Å². The van der Waals surface area contributed by atoms with Gasteiger partial charge in [0, 0.05) is 6.42 Å². The Morgan fingerprint density at radius 1 is 1.58 bits per heavy atom. The number of sulfone groups is 1. The molecule has 0 fully saturated rings. The van der Waals surface area contributed by atoms with Crippen LogP contribution in [0.5, 0.6) is 0 Å². The molecule has 0 saturated carbocycles. The number of nitrogens with two attached hydrogens (primary N) is 1. The van der Waals surface area contributed by atoms with Crippen molar-refractivity contribution in [2.45, 2.75) is 6.42 Å². The topological polar surface area (TPSA) is 113 Å². The number of amides is 1. The number of nitrogens with zero attached hydrogens (tertiary/aromatic N) is 1. The number of carbonyl (C=O) groups excluding carboxylic acids is 1. The summed E-state index contributed by atoms with van der Waals surface area (Å²) in [5.74, 6) is 2.94. The van der Waals surface area contributed by atoms with Crippen molar-refractivity contribution in [1.29, 1.82) is 5.26 Å². The molecule has 12 heavy (non-hydrogen) atoms. The van der Waals surface area contributed by atoms with E-state index in [-0.39, 0.29) is 12.2 Å². The van der Waals surface area contributed by atoms with Gasteiger partial charge in [-0.2, -0.15) is 5.26 Å². The van der Waals surface area contributed by atoms with Crippen LogP contribution in [-0.2, 0) is 14.6 Å². The Kier molecular flexibility index (Phi) is 4.25. The average Bonchev–Trinajstić information content (AvgIpc) is 2.00. The first-order chi connectivity index (χ1) is 5.52. The lowest BCUT2D eigenvalue weighted by Crippen LogP contribution is -2.35. The fraction of sp³-hybridized carbons (Fsp3) is 0.600. The predicted molar refractivity (Wildman–Crippen MR) is 41.2 cm³/mol. The minimum atomic E-state index is -3.47. The lowest BCUT2D eigenvalue weighted by atomic mass is 10.6. The van der Waals surface area contributed by atoms with E-state index < -0.39 is 21.5 Å². The van der Waals surface area contributed by atoms with Crippen LogP contribution < -0.4 is 11.3 Å². The molecule has 0 rings (SSSR count). The Morgan fingerprint density at radius 3 is 2.58 bits per heavy atom. The molecule has 0 aliphatic rings. The number of hydrazine groups is 1. The summed E-state index contributed by atoms with van der Waals surface area (Å²) in [5, 5.41) is 8.08. The highest BCUT2D eigenvalue weighted by molar-refractivity contribution is 7.92. The minimum absolute atomic E-state index is 0.111. The molecule has 0 unspecified atom stereocenters. The molecule has 7 heteroatoms. The molecule has 0 radical (unpaired) electrons. The van der Waals surface area contributed by atoms with E-state index in [1.54, 1.807) is 11.5 Å². The van der Waals surface area contributed by atoms with Crippen molar-refractivity contribution in [2.24, 2.45) is 5.84 Å². The van der Waals surface area contributed by atoms with E-state index in [1.807, 2.05) is 0 Å². The van der Waals surface area contributed by atoms with Crippen molar-refractivity contribution in [2.75, 3.05) is 11.5 Å². The van der Waals surface area contributed by atoms with Crippen LogP contribution in [0.3, 0.4) is 0 Å². The van der Waals surface area contributed by atoms with Gasteiger partial charge in [0.05, 0.1) is 11.8 Å². The minimum Gasteiger partial charge on any atom is -0.293 e. The first-order valence-corrected chi connectivity index (χ1v) is 4.91. The molecule has 0 spiro atoms. The normalized spacial score (nSPS) is 10.3. The number of hydrogen-bond donors (Lipinski definition) is 2. The SMILES string of the molecule is N#CCCS(=O)(=O)CC(=O)NN. The fourth-order valence-corrected chi connectivity index (χ4v) is 1.54. The molecule has 68 valence electrons. The molecule has 3 N–H and O–H groups in total. The summed E-state index contributed by atoms with van der Waals surface area (Å²) in [7, 11) is -3.47. The monoisotopic (exact) mass is 191 g/mol. The first-order valence-electron chi connectivity index (χ1n) is 3.08. The van der Waals surface area contributed by atoms with Gasteiger partial charge < -0.3 is 0 Å². The van der Waals surface area contributed by atoms with E-state index in [2.05, 4.69) is 5.84 Å². The van der Waals surface area contributed by atoms with Gasteiger partial charge in [0.2, 0.25) is 5.91 Å². The summed E-state index contributed by atoms with van der Waals surface area (Å²) in [6, 6.07) is 1.67. The third-order valence-electron chi connectivity index (χ3n) is 1.04. The Bertz CT molecular complexity index is 290. The lowest BCUT2D eigenvalue weighted by Gasteiger charge is -1.99. The highest BCUT2D eigenvalue weighted by Crippen LogP contribution is 1.92. The van der Waals surface area contributed by atoms with Crippen molar-refractivity contribution >= 4 is 15.7 Å². The summed E-state index contributed by atoms with van der Waals surface area (Å²) in [6.45, 7) is 0. The highest BCUT2D eigenvalue weighted by Gasteiger charge is 2.14. The van der Waals surface area contributed by atoms with Gasteiger partial charge in [-0.25, -0.2) is 14.3 Å². The van der Waals surface area contributed by atoms with Crippen molar-refractivity contribution in [3.63, 3.8) is 0 Å². The number of carbonyl (C=O) groups is 1. The van der Waals surface area contributed by atoms with Gasteiger partial charge >= 0.3 is 0 Å². The molecule has 0 atom stereocenters. The number of nitrogens with one attached hydrogen (secondary N) is 1. The van der Waals surface area contributed by atoms with Crippen LogP contribution in [0, 0.1) is 11.3 Å². The van der Waals surface area contributed by atoms with Crippen LogP contribution in [0.1, 0.15) is 6.42 Å². The molecule has 0 aromatic heterocycles. The van der Waals surface area contributed by atoms with Crippen molar-refractivity contribution in [3.05, 3.63) is 0 Å². The Labute approximate surface area is 70.2 Å². The van der Waals surface area contributed by atoms with Crippen LogP contribution in [0.25, 0.3) is 0 Å². The van der Waals surface area contributed by atoms with E-state index >= 15 is 0 Å². The quantitative estimate of drug-likeness (QED) is 0.312. The Hall–Kier alpha value is -1.13. The van der Waals surface area contributed by atoms with Crippen LogP contribution in [0.4, 0.5) is 0 Å². The van der Waals surface area contributed by atoms with E-state index in [0.29, 0.717) is 0 Å². The second kappa shape index (κ2) is 4.69. The van der Waals surface area contributed by atoms with Gasteiger partial charge in [-0.05, 0) is 0 Å². The standard InChI is InChI=1S/C5H9N3O3S/c6-2-1-3-12(10,11)4-5(9)8-7/h1,3-4,7H2,(H,8,9). The van der Waals surface area contributed by atoms with Crippen LogP contribution in [-0.4, -0.2) is 25.8 Å². The number of nitriles is 1. The predicted octanol–water partition coefficient (Wildman–Crippen LogP) is -1.70. The zero-order valence-electron chi connectivity index (χ0n) is 6.28. The molecular weight excluding hydrogens is 182 g/mol. The molecule has 0 aliphatic carbocycles. The van der Waals surface area contributed by atoms with Crippen LogP contribution in [0.15, 0.2) is 0 Å². The molecule has 0 heterocycles. The largest absolute Gasteiger partial charge is 0.293 e. The third kappa shape index (κ3) is 4.65. The summed E-state index contributed by atoms with van der Waals surface area (Å²) in [4.78, 5) is 10.5. The van der Waals surface area contributed by atoms with Crippen LogP contribution in [0.2, 0.25) is 0 Å². The Morgan fingerprint density at radius 2 is 2.17 bits per heavy atom. The molecule has 0 aromatic carbocycles. The van der Waals surface area contributed by atoms with E-state index in [1.165, 1.54) is 0 Å². The van der Waals surface area contributed by atoms with Gasteiger partial charge in [-0.1, -0.05) is 0 Å². The molecule has 0 saturated heterocycles.